The van der Waals surface area contributed by atoms with E-state index in [-0.39, 0.29) is 5.75 Å². The molecule has 122 valence electrons. The maximum atomic E-state index is 10.1. The van der Waals surface area contributed by atoms with Crippen molar-refractivity contribution < 1.29 is 9.84 Å². The van der Waals surface area contributed by atoms with E-state index in [9.17, 15) is 5.11 Å². The lowest BCUT2D eigenvalue weighted by Gasteiger charge is -2.25. The van der Waals surface area contributed by atoms with Crippen LogP contribution in [0.15, 0.2) is 67.0 Å². The van der Waals surface area contributed by atoms with E-state index in [2.05, 4.69) is 9.88 Å². The molecular formula is C19H17ClN2O2. The lowest BCUT2D eigenvalue weighted by Crippen LogP contribution is -2.16. The molecule has 1 aromatic heterocycles. The van der Waals surface area contributed by atoms with E-state index in [0.717, 1.165) is 16.9 Å². The fourth-order valence-electron chi connectivity index (χ4n) is 2.50. The average Bonchev–Trinajstić information content (AvgIpc) is 2.60. The highest BCUT2D eigenvalue weighted by atomic mass is 35.5. The summed E-state index contributed by atoms with van der Waals surface area (Å²) in [5, 5.41) is 10.8. The van der Waals surface area contributed by atoms with Crippen molar-refractivity contribution in [3.63, 3.8) is 0 Å². The Kier molecular flexibility index (Phi) is 4.87. The number of hydrogen-bond acceptors (Lipinski definition) is 4. The molecule has 1 heterocycles. The molecule has 0 saturated heterocycles. The molecule has 0 amide bonds. The summed E-state index contributed by atoms with van der Waals surface area (Å²) in [7, 11) is 1.53. The number of aromatic nitrogens is 1. The second-order valence-corrected chi connectivity index (χ2v) is 5.72. The average molecular weight is 341 g/mol. The van der Waals surface area contributed by atoms with Crippen molar-refractivity contribution in [3.05, 3.63) is 77.6 Å². The van der Waals surface area contributed by atoms with Crippen molar-refractivity contribution >= 4 is 23.0 Å². The highest BCUT2D eigenvalue weighted by Gasteiger charge is 2.13. The minimum absolute atomic E-state index is 0.0909. The van der Waals surface area contributed by atoms with E-state index in [1.807, 2.05) is 48.7 Å². The van der Waals surface area contributed by atoms with E-state index in [4.69, 9.17) is 16.3 Å². The molecule has 0 atom stereocenters. The van der Waals surface area contributed by atoms with E-state index in [1.165, 1.54) is 7.11 Å². The molecule has 0 aliphatic heterocycles. The molecule has 0 aliphatic carbocycles. The fourth-order valence-corrected chi connectivity index (χ4v) is 2.68. The Balaban J connectivity index is 2.03. The van der Waals surface area contributed by atoms with Crippen molar-refractivity contribution in [2.45, 2.75) is 6.54 Å². The van der Waals surface area contributed by atoms with Gasteiger partial charge in [-0.2, -0.15) is 0 Å². The van der Waals surface area contributed by atoms with Gasteiger partial charge >= 0.3 is 0 Å². The number of pyridine rings is 1. The van der Waals surface area contributed by atoms with E-state index in [0.29, 0.717) is 17.3 Å². The zero-order valence-corrected chi connectivity index (χ0v) is 13.9. The SMILES string of the molecule is COc1ccc(N(Cc2cccnc2)c2cccc(Cl)c2)cc1O. The van der Waals surface area contributed by atoms with Gasteiger partial charge in [0.25, 0.3) is 0 Å². The minimum Gasteiger partial charge on any atom is -0.504 e. The Morgan fingerprint density at radius 2 is 1.92 bits per heavy atom. The van der Waals surface area contributed by atoms with Gasteiger partial charge in [0, 0.05) is 41.4 Å². The summed E-state index contributed by atoms with van der Waals surface area (Å²) in [6, 6.07) is 16.8. The number of anilines is 2. The third-order valence-electron chi connectivity index (χ3n) is 3.66. The standard InChI is InChI=1S/C19H17ClN2O2/c1-24-19-8-7-17(11-18(19)23)22(13-14-4-3-9-21-12-14)16-6-2-5-15(20)10-16/h2-12,23H,13H2,1H3. The van der Waals surface area contributed by atoms with Gasteiger partial charge in [-0.1, -0.05) is 23.7 Å². The summed E-state index contributed by atoms with van der Waals surface area (Å²) in [4.78, 5) is 6.22. The predicted octanol–water partition coefficient (Wildman–Crippen LogP) is 4.79. The first-order valence-corrected chi connectivity index (χ1v) is 7.84. The molecule has 0 unspecified atom stereocenters. The van der Waals surface area contributed by atoms with Crippen LogP contribution in [0.4, 0.5) is 11.4 Å². The van der Waals surface area contributed by atoms with E-state index in [1.54, 1.807) is 18.3 Å². The van der Waals surface area contributed by atoms with Crippen molar-refractivity contribution in [3.8, 4) is 11.5 Å². The van der Waals surface area contributed by atoms with Crippen LogP contribution in [0.5, 0.6) is 11.5 Å². The van der Waals surface area contributed by atoms with Gasteiger partial charge in [-0.25, -0.2) is 0 Å². The quantitative estimate of drug-likeness (QED) is 0.725. The molecule has 3 rings (SSSR count). The molecule has 0 radical (unpaired) electrons. The summed E-state index contributed by atoms with van der Waals surface area (Å²) in [6.45, 7) is 0.597. The van der Waals surface area contributed by atoms with Gasteiger partial charge < -0.3 is 14.7 Å². The number of phenolic OH excluding ortho intramolecular Hbond substituents is 1. The summed E-state index contributed by atoms with van der Waals surface area (Å²) in [5.74, 6) is 0.527. The predicted molar refractivity (Wildman–Crippen MR) is 96.2 cm³/mol. The topological polar surface area (TPSA) is 45.6 Å². The molecular weight excluding hydrogens is 324 g/mol. The van der Waals surface area contributed by atoms with Crippen molar-refractivity contribution in [1.82, 2.24) is 4.98 Å². The second kappa shape index (κ2) is 7.23. The number of nitrogens with zero attached hydrogens (tertiary/aromatic N) is 2. The van der Waals surface area contributed by atoms with Crippen LogP contribution in [-0.4, -0.2) is 17.2 Å². The number of benzene rings is 2. The molecule has 3 aromatic rings. The normalized spacial score (nSPS) is 10.4. The molecule has 0 aliphatic rings. The number of hydrogen-bond donors (Lipinski definition) is 1. The van der Waals surface area contributed by atoms with Crippen LogP contribution in [0.25, 0.3) is 0 Å². The second-order valence-electron chi connectivity index (χ2n) is 5.28. The highest BCUT2D eigenvalue weighted by molar-refractivity contribution is 6.30. The van der Waals surface area contributed by atoms with Gasteiger partial charge in [0.15, 0.2) is 11.5 Å². The van der Waals surface area contributed by atoms with Crippen LogP contribution in [0.3, 0.4) is 0 Å². The molecule has 0 bridgehead atoms. The monoisotopic (exact) mass is 340 g/mol. The molecule has 1 N–H and O–H groups in total. The van der Waals surface area contributed by atoms with Gasteiger partial charge in [0.2, 0.25) is 0 Å². The van der Waals surface area contributed by atoms with Gasteiger partial charge in [0.05, 0.1) is 7.11 Å². The molecule has 0 saturated carbocycles. The Labute approximate surface area is 145 Å². The fraction of sp³-hybridized carbons (Fsp3) is 0.105. The summed E-state index contributed by atoms with van der Waals surface area (Å²) in [5.41, 5.74) is 2.81. The first-order valence-electron chi connectivity index (χ1n) is 7.46. The Hall–Kier alpha value is -2.72. The van der Waals surface area contributed by atoms with Gasteiger partial charge in [-0.15, -0.1) is 0 Å². The van der Waals surface area contributed by atoms with Crippen molar-refractivity contribution in [1.29, 1.82) is 0 Å². The Bertz CT molecular complexity index is 825. The zero-order chi connectivity index (χ0) is 16.9. The van der Waals surface area contributed by atoms with Gasteiger partial charge in [0.1, 0.15) is 0 Å². The summed E-state index contributed by atoms with van der Waals surface area (Å²) in [6.07, 6.45) is 3.56. The molecule has 2 aromatic carbocycles. The molecule has 24 heavy (non-hydrogen) atoms. The number of methoxy groups -OCH3 is 1. The number of ether oxygens (including phenoxy) is 1. The van der Waals surface area contributed by atoms with Crippen LogP contribution in [-0.2, 0) is 6.54 Å². The van der Waals surface area contributed by atoms with E-state index >= 15 is 0 Å². The largest absolute Gasteiger partial charge is 0.504 e. The minimum atomic E-state index is 0.0909. The maximum Gasteiger partial charge on any atom is 0.160 e. The molecule has 0 spiro atoms. The molecule has 0 fully saturated rings. The third-order valence-corrected chi connectivity index (χ3v) is 3.89. The number of rotatable bonds is 5. The van der Waals surface area contributed by atoms with Crippen molar-refractivity contribution in [2.24, 2.45) is 0 Å². The number of aromatic hydroxyl groups is 1. The molecule has 5 heteroatoms. The van der Waals surface area contributed by atoms with Crippen LogP contribution < -0.4 is 9.64 Å². The van der Waals surface area contributed by atoms with Crippen LogP contribution in [0, 0.1) is 0 Å². The summed E-state index contributed by atoms with van der Waals surface area (Å²) >= 11 is 6.15. The van der Waals surface area contributed by atoms with Crippen LogP contribution in [0.1, 0.15) is 5.56 Å². The third kappa shape index (κ3) is 3.60. The Morgan fingerprint density at radius 1 is 1.08 bits per heavy atom. The Morgan fingerprint density at radius 3 is 2.58 bits per heavy atom. The number of phenols is 1. The van der Waals surface area contributed by atoms with Crippen LogP contribution >= 0.6 is 11.6 Å². The summed E-state index contributed by atoms with van der Waals surface area (Å²) < 4.78 is 5.12. The lowest BCUT2D eigenvalue weighted by atomic mass is 10.2. The molecule has 4 nitrogen and oxygen atoms in total. The lowest BCUT2D eigenvalue weighted by molar-refractivity contribution is 0.373. The van der Waals surface area contributed by atoms with Gasteiger partial charge in [-0.3, -0.25) is 4.98 Å². The number of halogens is 1. The first-order chi connectivity index (χ1) is 11.7. The zero-order valence-electron chi connectivity index (χ0n) is 13.2. The van der Waals surface area contributed by atoms with E-state index < -0.39 is 0 Å². The van der Waals surface area contributed by atoms with Gasteiger partial charge in [-0.05, 0) is 42.0 Å². The smallest absolute Gasteiger partial charge is 0.160 e. The first kappa shape index (κ1) is 16.1. The maximum absolute atomic E-state index is 10.1. The van der Waals surface area contributed by atoms with Crippen molar-refractivity contribution in [2.75, 3.05) is 12.0 Å². The highest BCUT2D eigenvalue weighted by Crippen LogP contribution is 2.35. The van der Waals surface area contributed by atoms with Crippen LogP contribution in [0.2, 0.25) is 5.02 Å².